The maximum Gasteiger partial charge on any atom is 0.260 e. The fourth-order valence-electron chi connectivity index (χ4n) is 3.18. The molecule has 0 unspecified atom stereocenters. The number of anilines is 1. The molecule has 4 rings (SSSR count). The number of aromatic nitrogens is 2. The van der Waals surface area contributed by atoms with E-state index < -0.39 is 0 Å². The van der Waals surface area contributed by atoms with Crippen LogP contribution in [0.4, 0.5) is 5.69 Å². The first-order chi connectivity index (χ1) is 10.8. The molecule has 0 spiro atoms. The maximum absolute atomic E-state index is 13.1. The summed E-state index contributed by atoms with van der Waals surface area (Å²) in [6.07, 6.45) is 6.69. The second-order valence-corrected chi connectivity index (χ2v) is 5.64. The van der Waals surface area contributed by atoms with Gasteiger partial charge in [-0.15, -0.1) is 0 Å². The Morgan fingerprint density at radius 1 is 1.14 bits per heavy atom. The van der Waals surface area contributed by atoms with Gasteiger partial charge in [-0.3, -0.25) is 4.79 Å². The van der Waals surface area contributed by atoms with Gasteiger partial charge in [-0.05, 0) is 43.0 Å². The van der Waals surface area contributed by atoms with Crippen molar-refractivity contribution in [3.63, 3.8) is 0 Å². The number of carbonyl (C=O) groups is 1. The smallest absolute Gasteiger partial charge is 0.260 e. The van der Waals surface area contributed by atoms with E-state index in [9.17, 15) is 4.79 Å². The number of fused-ring (bicyclic) bond motifs is 2. The van der Waals surface area contributed by atoms with Crippen molar-refractivity contribution in [2.24, 2.45) is 0 Å². The van der Waals surface area contributed by atoms with Gasteiger partial charge in [0.25, 0.3) is 5.91 Å². The molecule has 4 nitrogen and oxygen atoms in total. The third-order valence-electron chi connectivity index (χ3n) is 4.29. The molecule has 1 aliphatic rings. The van der Waals surface area contributed by atoms with E-state index >= 15 is 0 Å². The van der Waals surface area contributed by atoms with E-state index in [4.69, 9.17) is 0 Å². The molecule has 0 saturated carbocycles. The number of hydrogen-bond acceptors (Lipinski definition) is 2. The summed E-state index contributed by atoms with van der Waals surface area (Å²) in [6.45, 7) is 0.767. The Labute approximate surface area is 128 Å². The lowest BCUT2D eigenvalue weighted by atomic mass is 10.1. The Kier molecular flexibility index (Phi) is 3.15. The summed E-state index contributed by atoms with van der Waals surface area (Å²) in [6, 6.07) is 12.0. The number of carbonyl (C=O) groups excluding carboxylic acids is 1. The van der Waals surface area contributed by atoms with Crippen LogP contribution >= 0.6 is 0 Å². The Morgan fingerprint density at radius 2 is 2.05 bits per heavy atom. The molecular weight excluding hydrogens is 274 g/mol. The van der Waals surface area contributed by atoms with E-state index in [1.165, 1.54) is 5.56 Å². The zero-order valence-corrected chi connectivity index (χ0v) is 12.2. The molecule has 0 radical (unpaired) electrons. The second-order valence-electron chi connectivity index (χ2n) is 5.64. The van der Waals surface area contributed by atoms with Crippen LogP contribution in [0.3, 0.4) is 0 Å². The highest BCUT2D eigenvalue weighted by Crippen LogP contribution is 2.28. The van der Waals surface area contributed by atoms with Gasteiger partial charge in [0, 0.05) is 30.0 Å². The number of aromatic amines is 1. The number of benzene rings is 1. The molecule has 0 saturated heterocycles. The number of nitrogens with one attached hydrogen (secondary N) is 1. The number of pyridine rings is 1. The molecule has 1 amide bonds. The zero-order chi connectivity index (χ0) is 14.9. The van der Waals surface area contributed by atoms with Gasteiger partial charge in [0.2, 0.25) is 0 Å². The normalized spacial score (nSPS) is 14.6. The van der Waals surface area contributed by atoms with Crippen LogP contribution in [0.2, 0.25) is 0 Å². The predicted molar refractivity (Wildman–Crippen MR) is 87.2 cm³/mol. The number of amides is 1. The van der Waals surface area contributed by atoms with E-state index in [0.29, 0.717) is 5.56 Å². The van der Waals surface area contributed by atoms with Crippen LogP contribution in [-0.4, -0.2) is 22.4 Å². The summed E-state index contributed by atoms with van der Waals surface area (Å²) in [5.41, 5.74) is 3.75. The lowest BCUT2D eigenvalue weighted by Gasteiger charge is -2.22. The first-order valence-electron chi connectivity index (χ1n) is 7.66. The van der Waals surface area contributed by atoms with E-state index in [-0.39, 0.29) is 5.91 Å². The van der Waals surface area contributed by atoms with Crippen LogP contribution in [0.25, 0.3) is 11.0 Å². The van der Waals surface area contributed by atoms with Crippen molar-refractivity contribution in [1.82, 2.24) is 9.97 Å². The van der Waals surface area contributed by atoms with Crippen molar-refractivity contribution in [2.75, 3.05) is 11.4 Å². The number of aryl methyl sites for hydroxylation is 1. The van der Waals surface area contributed by atoms with Crippen LogP contribution in [0, 0.1) is 0 Å². The molecular formula is C18H17N3O. The van der Waals surface area contributed by atoms with E-state index in [0.717, 1.165) is 42.5 Å². The largest absolute Gasteiger partial charge is 0.345 e. The van der Waals surface area contributed by atoms with Crippen LogP contribution in [-0.2, 0) is 6.42 Å². The van der Waals surface area contributed by atoms with E-state index in [2.05, 4.69) is 16.0 Å². The summed E-state index contributed by atoms with van der Waals surface area (Å²) in [5.74, 6) is 0.0496. The summed E-state index contributed by atoms with van der Waals surface area (Å²) in [5, 5.41) is 0.884. The van der Waals surface area contributed by atoms with Gasteiger partial charge >= 0.3 is 0 Å². The van der Waals surface area contributed by atoms with Crippen molar-refractivity contribution < 1.29 is 4.79 Å². The molecule has 0 atom stereocenters. The number of H-pyrrole nitrogens is 1. The molecule has 0 bridgehead atoms. The molecule has 4 heteroatoms. The molecule has 3 heterocycles. The predicted octanol–water partition coefficient (Wildman–Crippen LogP) is 3.55. The number of nitrogens with zero attached hydrogens (tertiary/aromatic N) is 2. The summed E-state index contributed by atoms with van der Waals surface area (Å²) < 4.78 is 0. The highest BCUT2D eigenvalue weighted by Gasteiger charge is 2.24. The minimum atomic E-state index is 0.0496. The monoisotopic (exact) mass is 291 g/mol. The maximum atomic E-state index is 13.1. The van der Waals surface area contributed by atoms with Crippen molar-refractivity contribution in [3.05, 3.63) is 59.9 Å². The van der Waals surface area contributed by atoms with Crippen LogP contribution in [0.15, 0.2) is 48.8 Å². The Balaban J connectivity index is 1.79. The van der Waals surface area contributed by atoms with Gasteiger partial charge < -0.3 is 9.88 Å². The molecule has 22 heavy (non-hydrogen) atoms. The number of para-hydroxylation sites is 1. The quantitative estimate of drug-likeness (QED) is 0.745. The Bertz CT molecular complexity index is 837. The molecule has 2 aromatic heterocycles. The summed E-state index contributed by atoms with van der Waals surface area (Å²) in [7, 11) is 0. The Morgan fingerprint density at radius 3 is 3.00 bits per heavy atom. The van der Waals surface area contributed by atoms with E-state index in [1.54, 1.807) is 12.4 Å². The summed E-state index contributed by atoms with van der Waals surface area (Å²) in [4.78, 5) is 22.3. The topological polar surface area (TPSA) is 49.0 Å². The molecule has 1 aromatic carbocycles. The van der Waals surface area contributed by atoms with Gasteiger partial charge in [0.15, 0.2) is 0 Å². The average molecular weight is 291 g/mol. The third-order valence-corrected chi connectivity index (χ3v) is 4.29. The van der Waals surface area contributed by atoms with Crippen LogP contribution < -0.4 is 4.90 Å². The van der Waals surface area contributed by atoms with Gasteiger partial charge in [-0.1, -0.05) is 18.2 Å². The van der Waals surface area contributed by atoms with Crippen molar-refractivity contribution >= 4 is 22.6 Å². The average Bonchev–Trinajstić information content (AvgIpc) is 2.87. The highest BCUT2D eigenvalue weighted by atomic mass is 16.2. The summed E-state index contributed by atoms with van der Waals surface area (Å²) >= 11 is 0. The van der Waals surface area contributed by atoms with Crippen molar-refractivity contribution in [2.45, 2.75) is 19.3 Å². The molecule has 3 aromatic rings. The zero-order valence-electron chi connectivity index (χ0n) is 12.2. The standard InChI is InChI=1S/C18H17N3O/c22-18(15-12-20-17-14(15)8-5-10-19-17)21-11-4-3-7-13-6-1-2-9-16(13)21/h1-2,5-6,8-10,12H,3-4,7,11H2,(H,19,20). The van der Waals surface area contributed by atoms with Gasteiger partial charge in [0.05, 0.1) is 5.56 Å². The number of hydrogen-bond donors (Lipinski definition) is 1. The van der Waals surface area contributed by atoms with Crippen molar-refractivity contribution in [1.29, 1.82) is 0 Å². The van der Waals surface area contributed by atoms with Crippen LogP contribution in [0.1, 0.15) is 28.8 Å². The van der Waals surface area contributed by atoms with E-state index in [1.807, 2.05) is 35.2 Å². The minimum Gasteiger partial charge on any atom is -0.345 e. The molecule has 0 fully saturated rings. The molecule has 0 aliphatic carbocycles. The van der Waals surface area contributed by atoms with Gasteiger partial charge in [-0.2, -0.15) is 0 Å². The SMILES string of the molecule is O=C(c1c[nH]c2ncccc12)N1CCCCc2ccccc21. The second kappa shape index (κ2) is 5.30. The molecule has 1 aliphatic heterocycles. The number of rotatable bonds is 1. The molecule has 1 N–H and O–H groups in total. The highest BCUT2D eigenvalue weighted by molar-refractivity contribution is 6.13. The van der Waals surface area contributed by atoms with Crippen LogP contribution in [0.5, 0.6) is 0 Å². The van der Waals surface area contributed by atoms with Gasteiger partial charge in [0.1, 0.15) is 5.65 Å². The lowest BCUT2D eigenvalue weighted by Crippen LogP contribution is -2.31. The molecule has 110 valence electrons. The first-order valence-corrected chi connectivity index (χ1v) is 7.66. The van der Waals surface area contributed by atoms with Gasteiger partial charge in [-0.25, -0.2) is 4.98 Å². The fraction of sp³-hybridized carbons (Fsp3) is 0.222. The fourth-order valence-corrected chi connectivity index (χ4v) is 3.18. The minimum absolute atomic E-state index is 0.0496. The first kappa shape index (κ1) is 13.1. The van der Waals surface area contributed by atoms with Crippen molar-refractivity contribution in [3.8, 4) is 0 Å². The third kappa shape index (κ3) is 2.08. The lowest BCUT2D eigenvalue weighted by molar-refractivity contribution is 0.0988. The Hall–Kier alpha value is -2.62.